The van der Waals surface area contributed by atoms with Crippen LogP contribution in [0.15, 0.2) is 66.7 Å². The zero-order valence-electron chi connectivity index (χ0n) is 21.9. The molecule has 5 rings (SSSR count). The van der Waals surface area contributed by atoms with Crippen LogP contribution >= 0.6 is 11.6 Å². The van der Waals surface area contributed by atoms with Gasteiger partial charge < -0.3 is 15.5 Å². The number of urea groups is 1. The topological polar surface area (TPSA) is 68.2 Å². The minimum absolute atomic E-state index is 0.0574. The summed E-state index contributed by atoms with van der Waals surface area (Å²) in [6.07, 6.45) is -0.460. The fraction of sp³-hybridized carbons (Fsp3) is 0.355. The third kappa shape index (κ3) is 6.60. The normalized spacial score (nSPS) is 17.2. The summed E-state index contributed by atoms with van der Waals surface area (Å²) in [6.45, 7) is 3.16. The van der Waals surface area contributed by atoms with Gasteiger partial charge in [0.25, 0.3) is 0 Å². The number of nitriles is 1. The molecule has 2 amide bonds. The highest BCUT2D eigenvalue weighted by Gasteiger charge is 2.38. The molecule has 3 aromatic rings. The Morgan fingerprint density at radius 1 is 1.02 bits per heavy atom. The van der Waals surface area contributed by atoms with Crippen molar-refractivity contribution in [3.63, 3.8) is 0 Å². The highest BCUT2D eigenvalue weighted by atomic mass is 35.5. The number of likely N-dealkylation sites (tertiary alicyclic amines) is 1. The Morgan fingerprint density at radius 3 is 2.40 bits per heavy atom. The van der Waals surface area contributed by atoms with Gasteiger partial charge in [-0.2, -0.15) is 18.4 Å². The molecule has 0 bridgehead atoms. The SMILES string of the molecule is N#Cc1cccc(-c2ccc(C3(CNC(=O)Nc4ccc(Cl)cc4C(F)(F)F)CCN(CC4CC4)CC3)cc2)c1. The Bertz CT molecular complexity index is 1410. The molecule has 40 heavy (non-hydrogen) atoms. The standard InChI is InChI=1S/C31H30ClF3N4O/c32-26-10-11-28(27(17-26)31(33,34)35)38-29(40)37-20-30(12-14-39(15-13-30)19-21-4-5-21)25-8-6-23(7-9-25)24-3-1-2-22(16-24)18-36/h1-3,6-11,16-17,21H,4-5,12-15,19-20H2,(H2,37,38,40). The fourth-order valence-corrected chi connectivity index (χ4v) is 5.63. The fourth-order valence-electron chi connectivity index (χ4n) is 5.46. The Labute approximate surface area is 236 Å². The van der Waals surface area contributed by atoms with Gasteiger partial charge in [-0.1, -0.05) is 48.0 Å². The van der Waals surface area contributed by atoms with E-state index in [1.54, 1.807) is 6.07 Å². The summed E-state index contributed by atoms with van der Waals surface area (Å²) in [4.78, 5) is 15.3. The van der Waals surface area contributed by atoms with Crippen molar-refractivity contribution in [1.82, 2.24) is 10.2 Å². The number of amides is 2. The van der Waals surface area contributed by atoms with E-state index in [-0.39, 0.29) is 22.7 Å². The Morgan fingerprint density at radius 2 is 1.75 bits per heavy atom. The first-order valence-electron chi connectivity index (χ1n) is 13.4. The van der Waals surface area contributed by atoms with Gasteiger partial charge in [0.05, 0.1) is 22.9 Å². The molecular weight excluding hydrogens is 537 g/mol. The molecule has 2 N–H and O–H groups in total. The van der Waals surface area contributed by atoms with Crippen LogP contribution < -0.4 is 10.6 Å². The lowest BCUT2D eigenvalue weighted by atomic mass is 9.72. The number of piperidine rings is 1. The van der Waals surface area contributed by atoms with Crippen LogP contribution in [0.1, 0.15) is 42.4 Å². The summed E-state index contributed by atoms with van der Waals surface area (Å²) in [5.74, 6) is 0.780. The molecule has 2 fully saturated rings. The lowest BCUT2D eigenvalue weighted by molar-refractivity contribution is -0.136. The number of nitrogens with zero attached hydrogens (tertiary/aromatic N) is 2. The van der Waals surface area contributed by atoms with Gasteiger partial charge in [-0.25, -0.2) is 4.79 Å². The van der Waals surface area contributed by atoms with Crippen molar-refractivity contribution < 1.29 is 18.0 Å². The third-order valence-corrected chi connectivity index (χ3v) is 8.21. The van der Waals surface area contributed by atoms with Crippen molar-refractivity contribution in [2.24, 2.45) is 5.92 Å². The molecule has 1 heterocycles. The zero-order chi connectivity index (χ0) is 28.3. The Hall–Kier alpha value is -3.54. The van der Waals surface area contributed by atoms with Crippen molar-refractivity contribution in [3.05, 3.63) is 88.4 Å². The second-order valence-electron chi connectivity index (χ2n) is 10.8. The molecule has 0 atom stereocenters. The number of benzene rings is 3. The van der Waals surface area contributed by atoms with Crippen LogP contribution in [-0.2, 0) is 11.6 Å². The van der Waals surface area contributed by atoms with E-state index in [9.17, 15) is 23.2 Å². The monoisotopic (exact) mass is 566 g/mol. The van der Waals surface area contributed by atoms with Gasteiger partial charge in [-0.05, 0) is 91.7 Å². The minimum atomic E-state index is -4.66. The number of carbonyl (C=O) groups is 1. The lowest BCUT2D eigenvalue weighted by Crippen LogP contribution is -2.50. The summed E-state index contributed by atoms with van der Waals surface area (Å²) in [5.41, 5.74) is 1.89. The second kappa shape index (κ2) is 11.5. The molecule has 3 aromatic carbocycles. The van der Waals surface area contributed by atoms with Gasteiger partial charge in [0, 0.05) is 23.5 Å². The van der Waals surface area contributed by atoms with Crippen molar-refractivity contribution >= 4 is 23.3 Å². The van der Waals surface area contributed by atoms with Gasteiger partial charge in [0.15, 0.2) is 0 Å². The molecule has 0 radical (unpaired) electrons. The van der Waals surface area contributed by atoms with Crippen molar-refractivity contribution in [3.8, 4) is 17.2 Å². The summed E-state index contributed by atoms with van der Waals surface area (Å²) in [5, 5.41) is 14.4. The van der Waals surface area contributed by atoms with Crippen molar-refractivity contribution in [1.29, 1.82) is 5.26 Å². The maximum absolute atomic E-state index is 13.5. The lowest BCUT2D eigenvalue weighted by Gasteiger charge is -2.42. The highest BCUT2D eigenvalue weighted by Crippen LogP contribution is 2.39. The van der Waals surface area contributed by atoms with E-state index in [4.69, 9.17) is 11.6 Å². The number of halogens is 4. The number of rotatable bonds is 7. The molecule has 208 valence electrons. The van der Waals surface area contributed by atoms with E-state index in [0.29, 0.717) is 5.56 Å². The first-order valence-corrected chi connectivity index (χ1v) is 13.8. The van der Waals surface area contributed by atoms with Crippen LogP contribution in [-0.4, -0.2) is 37.1 Å². The molecule has 0 aromatic heterocycles. The van der Waals surface area contributed by atoms with E-state index < -0.39 is 17.8 Å². The highest BCUT2D eigenvalue weighted by molar-refractivity contribution is 6.30. The summed E-state index contributed by atoms with van der Waals surface area (Å²) in [6, 6.07) is 20.3. The maximum atomic E-state index is 13.5. The summed E-state index contributed by atoms with van der Waals surface area (Å²) >= 11 is 5.77. The van der Waals surface area contributed by atoms with Crippen LogP contribution in [0.4, 0.5) is 23.7 Å². The molecule has 1 saturated heterocycles. The van der Waals surface area contributed by atoms with E-state index in [1.807, 2.05) is 30.3 Å². The van der Waals surface area contributed by atoms with Crippen LogP contribution in [0.25, 0.3) is 11.1 Å². The summed E-state index contributed by atoms with van der Waals surface area (Å²) in [7, 11) is 0. The van der Waals surface area contributed by atoms with E-state index in [0.717, 1.165) is 67.2 Å². The first kappa shape index (κ1) is 28.0. The number of nitrogens with one attached hydrogen (secondary N) is 2. The largest absolute Gasteiger partial charge is 0.418 e. The Balaban J connectivity index is 1.34. The summed E-state index contributed by atoms with van der Waals surface area (Å²) < 4.78 is 40.5. The third-order valence-electron chi connectivity index (χ3n) is 7.97. The molecule has 1 aliphatic carbocycles. The Kier molecular flexibility index (Phi) is 8.07. The first-order chi connectivity index (χ1) is 19.1. The average Bonchev–Trinajstić information content (AvgIpc) is 3.77. The van der Waals surface area contributed by atoms with Crippen molar-refractivity contribution in [2.75, 3.05) is 31.5 Å². The van der Waals surface area contributed by atoms with Gasteiger partial charge in [-0.15, -0.1) is 0 Å². The van der Waals surface area contributed by atoms with E-state index in [1.165, 1.54) is 18.9 Å². The molecule has 9 heteroatoms. The zero-order valence-corrected chi connectivity index (χ0v) is 22.7. The predicted molar refractivity (Wildman–Crippen MR) is 150 cm³/mol. The number of anilines is 1. The van der Waals surface area contributed by atoms with Gasteiger partial charge in [0.2, 0.25) is 0 Å². The molecule has 0 unspecified atom stereocenters. The number of alkyl halides is 3. The number of hydrogen-bond donors (Lipinski definition) is 2. The van der Waals surface area contributed by atoms with E-state index >= 15 is 0 Å². The van der Waals surface area contributed by atoms with Crippen LogP contribution in [0.5, 0.6) is 0 Å². The molecule has 5 nitrogen and oxygen atoms in total. The number of hydrogen-bond acceptors (Lipinski definition) is 3. The number of carbonyl (C=O) groups excluding carboxylic acids is 1. The second-order valence-corrected chi connectivity index (χ2v) is 11.2. The minimum Gasteiger partial charge on any atom is -0.337 e. The van der Waals surface area contributed by atoms with Gasteiger partial charge in [0.1, 0.15) is 0 Å². The van der Waals surface area contributed by atoms with Crippen molar-refractivity contribution in [2.45, 2.75) is 37.3 Å². The molecule has 1 aliphatic heterocycles. The van der Waals surface area contributed by atoms with Gasteiger partial charge >= 0.3 is 12.2 Å². The van der Waals surface area contributed by atoms with Crippen LogP contribution in [0.2, 0.25) is 5.02 Å². The smallest absolute Gasteiger partial charge is 0.337 e. The van der Waals surface area contributed by atoms with E-state index in [2.05, 4.69) is 33.7 Å². The molecular formula is C31H30ClF3N4O. The van der Waals surface area contributed by atoms with Gasteiger partial charge in [-0.3, -0.25) is 0 Å². The van der Waals surface area contributed by atoms with Crippen LogP contribution in [0, 0.1) is 17.2 Å². The molecule has 2 aliphatic rings. The van der Waals surface area contributed by atoms with Crippen LogP contribution in [0.3, 0.4) is 0 Å². The average molecular weight is 567 g/mol. The predicted octanol–water partition coefficient (Wildman–Crippen LogP) is 7.46. The maximum Gasteiger partial charge on any atom is 0.418 e. The quantitative estimate of drug-likeness (QED) is 0.312. The molecule has 1 saturated carbocycles. The molecule has 0 spiro atoms.